The Hall–Kier alpha value is -0.463. The van der Waals surface area contributed by atoms with Crippen LogP contribution in [0.15, 0.2) is 0 Å². The van der Waals surface area contributed by atoms with Crippen molar-refractivity contribution in [1.29, 1.82) is 0 Å². The molecule has 1 heterocycles. The fraction of sp³-hybridized carbons (Fsp3) is 0.923. The number of carbonyl (C=O) groups is 1. The zero-order valence-electron chi connectivity index (χ0n) is 12.7. The molecule has 0 N–H and O–H groups in total. The Morgan fingerprint density at radius 1 is 1.47 bits per heavy atom. The second-order valence-corrected chi connectivity index (χ2v) is 11.6. The van der Waals surface area contributed by atoms with Gasteiger partial charge < -0.3 is 13.9 Å². The van der Waals surface area contributed by atoms with E-state index in [-0.39, 0.29) is 24.7 Å². The molecule has 112 valence electrons. The summed E-state index contributed by atoms with van der Waals surface area (Å²) in [6, 6.07) is 0. The third-order valence-corrected chi connectivity index (χ3v) is 8.33. The molecule has 0 radical (unpaired) electrons. The van der Waals surface area contributed by atoms with Crippen molar-refractivity contribution in [3.63, 3.8) is 0 Å². The maximum Gasteiger partial charge on any atom is 0.304 e. The van der Waals surface area contributed by atoms with Gasteiger partial charge >= 0.3 is 5.97 Å². The van der Waals surface area contributed by atoms with Crippen LogP contribution in [0.2, 0.25) is 18.1 Å². The van der Waals surface area contributed by atoms with Crippen molar-refractivity contribution in [2.24, 2.45) is 0 Å². The van der Waals surface area contributed by atoms with Gasteiger partial charge in [0.05, 0.1) is 13.2 Å². The van der Waals surface area contributed by atoms with Crippen LogP contribution in [0, 0.1) is 0 Å². The van der Waals surface area contributed by atoms with E-state index in [1.165, 1.54) is 6.92 Å². The zero-order valence-corrected chi connectivity index (χ0v) is 13.7. The Balaban J connectivity index is 2.52. The number of esters is 1. The number of ether oxygens (including phenoxy) is 2. The minimum atomic E-state index is -1.98. The average Bonchev–Trinajstić information content (AvgIpc) is 2.56. The fourth-order valence-corrected chi connectivity index (χ4v) is 2.60. The van der Waals surface area contributed by atoms with Crippen molar-refractivity contribution in [1.82, 2.24) is 0 Å². The van der Waals surface area contributed by atoms with E-state index in [0.717, 1.165) is 0 Å². The zero-order chi connectivity index (χ0) is 14.9. The van der Waals surface area contributed by atoms with Crippen LogP contribution < -0.4 is 0 Å². The van der Waals surface area contributed by atoms with Crippen molar-refractivity contribution < 1.29 is 23.1 Å². The molecule has 6 heteroatoms. The summed E-state index contributed by atoms with van der Waals surface area (Å²) in [5, 5.41) is 0.0398. The van der Waals surface area contributed by atoms with Crippen LogP contribution in [0.1, 0.15) is 34.1 Å². The molecule has 4 nitrogen and oxygen atoms in total. The number of hydrogen-bond donors (Lipinski definition) is 0. The normalized spacial score (nSPS) is 28.5. The third kappa shape index (κ3) is 4.54. The number of hydrogen-bond acceptors (Lipinski definition) is 4. The minimum absolute atomic E-state index is 0.00125. The smallest absolute Gasteiger partial charge is 0.304 e. The molecule has 1 aliphatic rings. The summed E-state index contributed by atoms with van der Waals surface area (Å²) in [5.41, 5.74) is -1.56. The Labute approximate surface area is 115 Å². The van der Waals surface area contributed by atoms with Crippen LogP contribution in [-0.2, 0) is 18.7 Å². The average molecular weight is 292 g/mol. The predicted octanol–water partition coefficient (Wildman–Crippen LogP) is 3.03. The molecule has 2 atom stereocenters. The van der Waals surface area contributed by atoms with Crippen LogP contribution in [0.25, 0.3) is 0 Å². The van der Waals surface area contributed by atoms with Crippen LogP contribution >= 0.6 is 0 Å². The molecule has 1 unspecified atom stereocenters. The molecule has 0 aromatic carbocycles. The molecule has 19 heavy (non-hydrogen) atoms. The monoisotopic (exact) mass is 292 g/mol. The third-order valence-electron chi connectivity index (χ3n) is 3.86. The highest BCUT2D eigenvalue weighted by molar-refractivity contribution is 6.74. The van der Waals surface area contributed by atoms with Gasteiger partial charge in [-0.1, -0.05) is 20.8 Å². The molecule has 1 saturated heterocycles. The molecule has 1 rings (SSSR count). The SMILES string of the molecule is CC(=O)OC1C[C@@](F)(CO[Si](C)(C)C(C)(C)C)CO1. The summed E-state index contributed by atoms with van der Waals surface area (Å²) in [6.45, 7) is 11.7. The maximum absolute atomic E-state index is 14.5. The summed E-state index contributed by atoms with van der Waals surface area (Å²) in [5.74, 6) is -0.459. The molecule has 0 aromatic rings. The lowest BCUT2D eigenvalue weighted by Gasteiger charge is -2.37. The molecule has 0 spiro atoms. The van der Waals surface area contributed by atoms with Gasteiger partial charge in [0.1, 0.15) is 0 Å². The molecule has 0 aliphatic carbocycles. The first-order valence-corrected chi connectivity index (χ1v) is 9.48. The molecular formula is C13H25FO4Si. The Bertz CT molecular complexity index is 340. The van der Waals surface area contributed by atoms with E-state index in [2.05, 4.69) is 33.9 Å². The minimum Gasteiger partial charge on any atom is -0.436 e. The topological polar surface area (TPSA) is 44.8 Å². The number of rotatable bonds is 4. The number of carbonyl (C=O) groups excluding carboxylic acids is 1. The highest BCUT2D eigenvalue weighted by atomic mass is 28.4. The van der Waals surface area contributed by atoms with Crippen LogP contribution in [0.5, 0.6) is 0 Å². The van der Waals surface area contributed by atoms with Gasteiger partial charge in [0.25, 0.3) is 0 Å². The highest BCUT2D eigenvalue weighted by Gasteiger charge is 2.45. The van der Waals surface area contributed by atoms with Crippen LogP contribution in [0.3, 0.4) is 0 Å². The van der Waals surface area contributed by atoms with Gasteiger partial charge in [-0.2, -0.15) is 0 Å². The first-order chi connectivity index (χ1) is 8.45. The van der Waals surface area contributed by atoms with E-state index in [9.17, 15) is 9.18 Å². The fourth-order valence-electron chi connectivity index (χ4n) is 1.55. The summed E-state index contributed by atoms with van der Waals surface area (Å²) >= 11 is 0. The lowest BCUT2D eigenvalue weighted by molar-refractivity contribution is -0.166. The Kier molecular flexibility index (Phi) is 4.80. The van der Waals surface area contributed by atoms with E-state index in [1.807, 2.05) is 0 Å². The van der Waals surface area contributed by atoms with Gasteiger partial charge in [0, 0.05) is 13.3 Å². The molecule has 1 aliphatic heterocycles. The highest BCUT2D eigenvalue weighted by Crippen LogP contribution is 2.38. The van der Waals surface area contributed by atoms with Crippen molar-refractivity contribution >= 4 is 14.3 Å². The van der Waals surface area contributed by atoms with E-state index in [4.69, 9.17) is 13.9 Å². The van der Waals surface area contributed by atoms with Gasteiger partial charge in [-0.15, -0.1) is 0 Å². The quantitative estimate of drug-likeness (QED) is 0.590. The molecule has 0 aromatic heterocycles. The summed E-state index contributed by atoms with van der Waals surface area (Å²) in [4.78, 5) is 10.8. The van der Waals surface area contributed by atoms with Gasteiger partial charge in [0.15, 0.2) is 14.0 Å². The lowest BCUT2D eigenvalue weighted by Crippen LogP contribution is -2.45. The van der Waals surface area contributed by atoms with Crippen molar-refractivity contribution in [2.45, 2.75) is 64.2 Å². The van der Waals surface area contributed by atoms with E-state index in [1.54, 1.807) is 0 Å². The molecule has 1 fully saturated rings. The lowest BCUT2D eigenvalue weighted by atomic mass is 10.1. The molecule has 0 saturated carbocycles. The van der Waals surface area contributed by atoms with Gasteiger partial charge in [-0.3, -0.25) is 4.79 Å². The van der Waals surface area contributed by atoms with Crippen LogP contribution in [-0.4, -0.2) is 39.5 Å². The Morgan fingerprint density at radius 2 is 2.05 bits per heavy atom. The standard InChI is InChI=1S/C13H25FO4Si/c1-10(15)18-11-7-13(14,8-16-11)9-17-19(5,6)12(2,3)4/h11H,7-9H2,1-6H3/t11?,13-/m0/s1. The molecule has 0 bridgehead atoms. The van der Waals surface area contributed by atoms with Crippen molar-refractivity contribution in [2.75, 3.05) is 13.2 Å². The van der Waals surface area contributed by atoms with E-state index >= 15 is 0 Å². The van der Waals surface area contributed by atoms with Crippen molar-refractivity contribution in [3.8, 4) is 0 Å². The Morgan fingerprint density at radius 3 is 2.53 bits per heavy atom. The van der Waals surface area contributed by atoms with E-state index < -0.39 is 26.2 Å². The summed E-state index contributed by atoms with van der Waals surface area (Å²) in [7, 11) is -1.98. The summed E-state index contributed by atoms with van der Waals surface area (Å²) < 4.78 is 30.4. The van der Waals surface area contributed by atoms with Gasteiger partial charge in [0.2, 0.25) is 6.29 Å². The second kappa shape index (κ2) is 5.50. The summed E-state index contributed by atoms with van der Waals surface area (Å²) in [6.07, 6.45) is -0.744. The van der Waals surface area contributed by atoms with Crippen molar-refractivity contribution in [3.05, 3.63) is 0 Å². The first kappa shape index (κ1) is 16.6. The first-order valence-electron chi connectivity index (χ1n) is 6.57. The molecule has 0 amide bonds. The largest absolute Gasteiger partial charge is 0.436 e. The van der Waals surface area contributed by atoms with E-state index in [0.29, 0.717) is 0 Å². The number of halogens is 1. The second-order valence-electron chi connectivity index (χ2n) is 6.75. The number of alkyl halides is 1. The predicted molar refractivity (Wildman–Crippen MR) is 73.1 cm³/mol. The van der Waals surface area contributed by atoms with Crippen LogP contribution in [0.4, 0.5) is 4.39 Å². The maximum atomic E-state index is 14.5. The van der Waals surface area contributed by atoms with Gasteiger partial charge in [-0.25, -0.2) is 4.39 Å². The molecular weight excluding hydrogens is 267 g/mol. The van der Waals surface area contributed by atoms with Gasteiger partial charge in [-0.05, 0) is 18.1 Å².